The first-order valence-electron chi connectivity index (χ1n) is 5.59. The lowest BCUT2D eigenvalue weighted by molar-refractivity contribution is -0.143. The number of carboxylic acids is 1. The largest absolute Gasteiger partial charge is 0.481 e. The van der Waals surface area contributed by atoms with Gasteiger partial charge in [0, 0.05) is 6.61 Å². The van der Waals surface area contributed by atoms with Gasteiger partial charge in [0.05, 0.1) is 11.5 Å². The summed E-state index contributed by atoms with van der Waals surface area (Å²) in [6, 6.07) is 0. The van der Waals surface area contributed by atoms with E-state index in [-0.39, 0.29) is 11.5 Å². The van der Waals surface area contributed by atoms with Gasteiger partial charge in [-0.25, -0.2) is 0 Å². The molecular weight excluding hydrogens is 192 g/mol. The highest BCUT2D eigenvalue weighted by molar-refractivity contribution is 5.69. The number of carbonyl (C=O) groups is 1. The fourth-order valence-corrected chi connectivity index (χ4v) is 1.42. The minimum absolute atomic E-state index is 0.180. The first kappa shape index (κ1) is 14.4. The smallest absolute Gasteiger partial charge is 0.306 e. The van der Waals surface area contributed by atoms with E-state index in [9.17, 15) is 4.79 Å². The molecule has 0 bridgehead atoms. The Morgan fingerprint density at radius 3 is 2.20 bits per heavy atom. The zero-order valence-corrected chi connectivity index (χ0v) is 10.5. The number of ether oxygens (including phenoxy) is 1. The van der Waals surface area contributed by atoms with Crippen LogP contribution in [0.3, 0.4) is 0 Å². The third-order valence-corrected chi connectivity index (χ3v) is 2.11. The van der Waals surface area contributed by atoms with Gasteiger partial charge in [-0.2, -0.15) is 0 Å². The van der Waals surface area contributed by atoms with Gasteiger partial charge < -0.3 is 9.84 Å². The van der Waals surface area contributed by atoms with Crippen LogP contribution in [0, 0.1) is 11.8 Å². The Bertz CT molecular complexity index is 192. The number of hydrogen-bond donors (Lipinski definition) is 1. The summed E-state index contributed by atoms with van der Waals surface area (Å²) in [7, 11) is 0. The predicted octanol–water partition coefficient (Wildman–Crippen LogP) is 2.94. The van der Waals surface area contributed by atoms with Gasteiger partial charge in [-0.1, -0.05) is 13.8 Å². The fourth-order valence-electron chi connectivity index (χ4n) is 1.42. The van der Waals surface area contributed by atoms with Gasteiger partial charge in [-0.05, 0) is 39.5 Å². The molecule has 3 nitrogen and oxygen atoms in total. The van der Waals surface area contributed by atoms with Crippen molar-refractivity contribution in [3.8, 4) is 0 Å². The minimum Gasteiger partial charge on any atom is -0.481 e. The standard InChI is InChI=1S/C12H24O3/c1-9(2)8-10(11(13)14)6-7-15-12(3,4)5/h9-10H,6-8H2,1-5H3,(H,13,14). The van der Waals surface area contributed by atoms with Crippen LogP contribution in [0.1, 0.15) is 47.5 Å². The van der Waals surface area contributed by atoms with E-state index in [1.807, 2.05) is 34.6 Å². The number of rotatable bonds is 6. The van der Waals surface area contributed by atoms with E-state index in [4.69, 9.17) is 9.84 Å². The van der Waals surface area contributed by atoms with Gasteiger partial charge in [-0.3, -0.25) is 4.79 Å². The zero-order chi connectivity index (χ0) is 12.1. The third kappa shape index (κ3) is 8.43. The minimum atomic E-state index is -0.707. The molecule has 1 N–H and O–H groups in total. The molecule has 0 aliphatic carbocycles. The Balaban J connectivity index is 3.92. The summed E-state index contributed by atoms with van der Waals surface area (Å²) in [6.45, 7) is 10.5. The van der Waals surface area contributed by atoms with Crippen molar-refractivity contribution in [1.82, 2.24) is 0 Å². The molecule has 1 unspecified atom stereocenters. The van der Waals surface area contributed by atoms with Crippen molar-refractivity contribution in [2.24, 2.45) is 11.8 Å². The highest BCUT2D eigenvalue weighted by Gasteiger charge is 2.20. The molecule has 0 heterocycles. The first-order chi connectivity index (χ1) is 6.72. The Hall–Kier alpha value is -0.570. The predicted molar refractivity (Wildman–Crippen MR) is 60.9 cm³/mol. The topological polar surface area (TPSA) is 46.5 Å². The molecule has 0 radical (unpaired) electrons. The molecule has 0 aromatic rings. The molecule has 0 spiro atoms. The van der Waals surface area contributed by atoms with Crippen molar-refractivity contribution < 1.29 is 14.6 Å². The highest BCUT2D eigenvalue weighted by atomic mass is 16.5. The summed E-state index contributed by atoms with van der Waals surface area (Å²) in [6.07, 6.45) is 1.33. The maximum Gasteiger partial charge on any atom is 0.306 e. The van der Waals surface area contributed by atoms with E-state index in [0.717, 1.165) is 6.42 Å². The SMILES string of the molecule is CC(C)CC(CCOC(C)(C)C)C(=O)O. The molecule has 0 saturated carbocycles. The second-order valence-electron chi connectivity index (χ2n) is 5.41. The summed E-state index contributed by atoms with van der Waals surface area (Å²) >= 11 is 0. The highest BCUT2D eigenvalue weighted by Crippen LogP contribution is 2.17. The third-order valence-electron chi connectivity index (χ3n) is 2.11. The van der Waals surface area contributed by atoms with Gasteiger partial charge in [-0.15, -0.1) is 0 Å². The monoisotopic (exact) mass is 216 g/mol. The van der Waals surface area contributed by atoms with Crippen molar-refractivity contribution in [1.29, 1.82) is 0 Å². The van der Waals surface area contributed by atoms with Crippen LogP contribution in [0.2, 0.25) is 0 Å². The summed E-state index contributed by atoms with van der Waals surface area (Å²) in [5.41, 5.74) is -0.180. The number of carboxylic acid groups (broad SMARTS) is 1. The summed E-state index contributed by atoms with van der Waals surface area (Å²) in [4.78, 5) is 10.9. The van der Waals surface area contributed by atoms with Gasteiger partial charge in [0.1, 0.15) is 0 Å². The second-order valence-corrected chi connectivity index (χ2v) is 5.41. The number of aliphatic carboxylic acids is 1. The summed E-state index contributed by atoms with van der Waals surface area (Å²) in [5.74, 6) is -0.561. The van der Waals surface area contributed by atoms with Crippen molar-refractivity contribution >= 4 is 5.97 Å². The summed E-state index contributed by atoms with van der Waals surface area (Å²) < 4.78 is 5.53. The molecule has 15 heavy (non-hydrogen) atoms. The Morgan fingerprint density at radius 1 is 1.33 bits per heavy atom. The second kappa shape index (κ2) is 6.11. The van der Waals surface area contributed by atoms with Crippen molar-refractivity contribution in [3.63, 3.8) is 0 Å². The zero-order valence-electron chi connectivity index (χ0n) is 10.5. The molecule has 0 rings (SSSR count). The van der Waals surface area contributed by atoms with Crippen LogP contribution in [0.5, 0.6) is 0 Å². The average molecular weight is 216 g/mol. The molecule has 0 amide bonds. The normalized spacial score (nSPS) is 14.3. The molecule has 1 atom stereocenters. The van der Waals surface area contributed by atoms with Crippen LogP contribution in [-0.4, -0.2) is 23.3 Å². The molecular formula is C12H24O3. The molecule has 0 aromatic carbocycles. The lowest BCUT2D eigenvalue weighted by Crippen LogP contribution is -2.23. The average Bonchev–Trinajstić information content (AvgIpc) is 1.99. The quantitative estimate of drug-likeness (QED) is 0.742. The Kier molecular flexibility index (Phi) is 5.88. The van der Waals surface area contributed by atoms with Crippen molar-refractivity contribution in [3.05, 3.63) is 0 Å². The lowest BCUT2D eigenvalue weighted by Gasteiger charge is -2.21. The lowest BCUT2D eigenvalue weighted by atomic mass is 9.94. The Morgan fingerprint density at radius 2 is 1.87 bits per heavy atom. The van der Waals surface area contributed by atoms with Gasteiger partial charge in [0.25, 0.3) is 0 Å². The van der Waals surface area contributed by atoms with Crippen LogP contribution in [0.25, 0.3) is 0 Å². The van der Waals surface area contributed by atoms with E-state index in [1.54, 1.807) is 0 Å². The van der Waals surface area contributed by atoms with E-state index in [2.05, 4.69) is 0 Å². The van der Waals surface area contributed by atoms with E-state index in [0.29, 0.717) is 18.9 Å². The van der Waals surface area contributed by atoms with Gasteiger partial charge in [0.15, 0.2) is 0 Å². The Labute approximate surface area is 92.8 Å². The van der Waals surface area contributed by atoms with Crippen LogP contribution in [0.15, 0.2) is 0 Å². The van der Waals surface area contributed by atoms with Crippen molar-refractivity contribution in [2.75, 3.05) is 6.61 Å². The maximum absolute atomic E-state index is 10.9. The molecule has 3 heteroatoms. The van der Waals surface area contributed by atoms with E-state index in [1.165, 1.54) is 0 Å². The first-order valence-corrected chi connectivity index (χ1v) is 5.59. The van der Waals surface area contributed by atoms with Gasteiger partial charge in [0.2, 0.25) is 0 Å². The summed E-state index contributed by atoms with van der Waals surface area (Å²) in [5, 5.41) is 9.00. The molecule has 0 saturated heterocycles. The van der Waals surface area contributed by atoms with Crippen molar-refractivity contribution in [2.45, 2.75) is 53.1 Å². The van der Waals surface area contributed by atoms with Crippen LogP contribution in [0.4, 0.5) is 0 Å². The molecule has 0 aromatic heterocycles. The van der Waals surface area contributed by atoms with E-state index >= 15 is 0 Å². The van der Waals surface area contributed by atoms with Crippen LogP contribution >= 0.6 is 0 Å². The van der Waals surface area contributed by atoms with Crippen LogP contribution < -0.4 is 0 Å². The van der Waals surface area contributed by atoms with E-state index < -0.39 is 5.97 Å². The molecule has 0 aliphatic rings. The van der Waals surface area contributed by atoms with Gasteiger partial charge >= 0.3 is 5.97 Å². The fraction of sp³-hybridized carbons (Fsp3) is 0.917. The molecule has 90 valence electrons. The van der Waals surface area contributed by atoms with Crippen LogP contribution in [-0.2, 0) is 9.53 Å². The maximum atomic E-state index is 10.9. The number of hydrogen-bond acceptors (Lipinski definition) is 2. The molecule has 0 aliphatic heterocycles. The molecule has 0 fully saturated rings.